The molecule has 21 heavy (non-hydrogen) atoms. The molecule has 0 spiro atoms. The summed E-state index contributed by atoms with van der Waals surface area (Å²) >= 11 is 0. The summed E-state index contributed by atoms with van der Waals surface area (Å²) in [6.07, 6.45) is 0.968. The smallest absolute Gasteiger partial charge is 0.182 e. The maximum atomic E-state index is 6.06. The largest absolute Gasteiger partial charge is 0.398 e. The van der Waals surface area contributed by atoms with Crippen LogP contribution in [0.25, 0.3) is 11.4 Å². The predicted molar refractivity (Wildman–Crippen MR) is 80.8 cm³/mol. The molecule has 2 heterocycles. The molecule has 1 aliphatic rings. The van der Waals surface area contributed by atoms with Gasteiger partial charge < -0.3 is 10.5 Å². The quantitative estimate of drug-likeness (QED) is 0.855. The van der Waals surface area contributed by atoms with Crippen LogP contribution in [-0.2, 0) is 10.3 Å². The van der Waals surface area contributed by atoms with E-state index in [0.29, 0.717) is 0 Å². The van der Waals surface area contributed by atoms with Gasteiger partial charge in [0.05, 0.1) is 11.6 Å². The van der Waals surface area contributed by atoms with E-state index in [1.807, 2.05) is 17.7 Å². The van der Waals surface area contributed by atoms with Crippen molar-refractivity contribution in [1.82, 2.24) is 20.2 Å². The first-order valence-corrected chi connectivity index (χ1v) is 7.21. The standard InChI is InChI=1S/C15H21N5O/c1-9-7-10(2)13(16)8-12(9)14-17-18-19-20(14)15(4)5-6-21-11(15)3/h7-8,11H,5-6,16H2,1-4H3. The number of nitrogens with two attached hydrogens (primary N) is 1. The lowest BCUT2D eigenvalue weighted by Gasteiger charge is -2.28. The first-order valence-electron chi connectivity index (χ1n) is 7.21. The van der Waals surface area contributed by atoms with Crippen LogP contribution in [0.2, 0.25) is 0 Å². The van der Waals surface area contributed by atoms with Gasteiger partial charge in [-0.15, -0.1) is 5.10 Å². The second-order valence-electron chi connectivity index (χ2n) is 6.06. The van der Waals surface area contributed by atoms with Gasteiger partial charge >= 0.3 is 0 Å². The molecule has 1 aromatic carbocycles. The summed E-state index contributed by atoms with van der Waals surface area (Å²) < 4.78 is 7.61. The van der Waals surface area contributed by atoms with E-state index < -0.39 is 0 Å². The molecule has 2 unspecified atom stereocenters. The zero-order chi connectivity index (χ0) is 15.2. The molecule has 2 N–H and O–H groups in total. The molecule has 2 aromatic rings. The van der Waals surface area contributed by atoms with Gasteiger partial charge in [0.2, 0.25) is 0 Å². The predicted octanol–water partition coefficient (Wildman–Crippen LogP) is 2.06. The highest BCUT2D eigenvalue weighted by molar-refractivity contribution is 5.67. The molecule has 0 bridgehead atoms. The van der Waals surface area contributed by atoms with Crippen LogP contribution in [0.1, 0.15) is 31.4 Å². The third-order valence-electron chi connectivity index (χ3n) is 4.66. The van der Waals surface area contributed by atoms with Crippen LogP contribution in [0.5, 0.6) is 0 Å². The van der Waals surface area contributed by atoms with Gasteiger partial charge in [0.1, 0.15) is 0 Å². The molecule has 0 amide bonds. The van der Waals surface area contributed by atoms with Crippen molar-refractivity contribution >= 4 is 5.69 Å². The molecule has 112 valence electrons. The van der Waals surface area contributed by atoms with Crippen molar-refractivity contribution in [3.63, 3.8) is 0 Å². The Bertz CT molecular complexity index is 681. The van der Waals surface area contributed by atoms with E-state index in [4.69, 9.17) is 10.5 Å². The van der Waals surface area contributed by atoms with Crippen molar-refractivity contribution in [1.29, 1.82) is 0 Å². The number of benzene rings is 1. The Labute approximate surface area is 124 Å². The van der Waals surface area contributed by atoms with E-state index in [0.717, 1.165) is 41.2 Å². The molecule has 6 nitrogen and oxygen atoms in total. The molecule has 0 saturated carbocycles. The minimum absolute atomic E-state index is 0.0721. The first kappa shape index (κ1) is 14.0. The number of ether oxygens (including phenoxy) is 1. The Morgan fingerprint density at radius 3 is 2.76 bits per heavy atom. The van der Waals surface area contributed by atoms with Gasteiger partial charge in [-0.05, 0) is 61.7 Å². The second-order valence-corrected chi connectivity index (χ2v) is 6.06. The SMILES string of the molecule is Cc1cc(C)c(-c2nnnn2C2(C)CCOC2C)cc1N. The normalized spacial score (nSPS) is 25.4. The molecule has 1 aromatic heterocycles. The van der Waals surface area contributed by atoms with E-state index in [-0.39, 0.29) is 11.6 Å². The Kier molecular flexibility index (Phi) is 3.20. The number of aryl methyl sites for hydroxylation is 2. The van der Waals surface area contributed by atoms with Crippen LogP contribution in [-0.4, -0.2) is 32.9 Å². The fourth-order valence-corrected chi connectivity index (χ4v) is 2.91. The molecule has 1 fully saturated rings. The maximum absolute atomic E-state index is 6.06. The molecule has 0 aliphatic carbocycles. The van der Waals surface area contributed by atoms with Gasteiger partial charge in [0.25, 0.3) is 0 Å². The zero-order valence-corrected chi connectivity index (χ0v) is 12.9. The average Bonchev–Trinajstić information content (AvgIpc) is 3.03. The second kappa shape index (κ2) is 4.80. The summed E-state index contributed by atoms with van der Waals surface area (Å²) in [6.45, 7) is 8.99. The summed E-state index contributed by atoms with van der Waals surface area (Å²) in [6, 6.07) is 4.03. The summed E-state index contributed by atoms with van der Waals surface area (Å²) in [5, 5.41) is 12.3. The minimum Gasteiger partial charge on any atom is -0.398 e. The molecular weight excluding hydrogens is 266 g/mol. The fourth-order valence-electron chi connectivity index (χ4n) is 2.91. The molecular formula is C15H21N5O. The van der Waals surface area contributed by atoms with Gasteiger partial charge in [-0.2, -0.15) is 0 Å². The van der Waals surface area contributed by atoms with Gasteiger partial charge in [-0.1, -0.05) is 6.07 Å². The average molecular weight is 287 g/mol. The van der Waals surface area contributed by atoms with Crippen molar-refractivity contribution in [3.05, 3.63) is 23.3 Å². The number of nitrogens with zero attached hydrogens (tertiary/aromatic N) is 4. The molecule has 1 aliphatic heterocycles. The summed E-state index contributed by atoms with van der Waals surface area (Å²) in [5.41, 5.74) is 9.74. The van der Waals surface area contributed by atoms with Crippen LogP contribution in [0.4, 0.5) is 5.69 Å². The van der Waals surface area contributed by atoms with E-state index in [9.17, 15) is 0 Å². The van der Waals surface area contributed by atoms with Gasteiger partial charge in [-0.3, -0.25) is 0 Å². The number of rotatable bonds is 2. The van der Waals surface area contributed by atoms with Gasteiger partial charge in [0.15, 0.2) is 5.82 Å². The maximum Gasteiger partial charge on any atom is 0.182 e. The summed E-state index contributed by atoms with van der Waals surface area (Å²) in [7, 11) is 0. The van der Waals surface area contributed by atoms with Gasteiger partial charge in [-0.25, -0.2) is 4.68 Å². The van der Waals surface area contributed by atoms with E-state index in [2.05, 4.69) is 42.4 Å². The monoisotopic (exact) mass is 287 g/mol. The lowest BCUT2D eigenvalue weighted by Crippen LogP contribution is -2.38. The Balaban J connectivity index is 2.14. The van der Waals surface area contributed by atoms with Crippen LogP contribution < -0.4 is 5.73 Å². The van der Waals surface area contributed by atoms with Crippen LogP contribution in [0.3, 0.4) is 0 Å². The lowest BCUT2D eigenvalue weighted by molar-refractivity contribution is 0.0706. The number of tetrazole rings is 1. The zero-order valence-electron chi connectivity index (χ0n) is 12.9. The molecule has 1 saturated heterocycles. The minimum atomic E-state index is -0.231. The number of anilines is 1. The number of aromatic nitrogens is 4. The first-order chi connectivity index (χ1) is 9.93. The third kappa shape index (κ3) is 2.10. The molecule has 0 radical (unpaired) electrons. The Morgan fingerprint density at radius 1 is 1.33 bits per heavy atom. The summed E-state index contributed by atoms with van der Waals surface area (Å²) in [5.74, 6) is 0.749. The van der Waals surface area contributed by atoms with Crippen LogP contribution >= 0.6 is 0 Å². The Hall–Kier alpha value is -1.95. The summed E-state index contributed by atoms with van der Waals surface area (Å²) in [4.78, 5) is 0. The van der Waals surface area contributed by atoms with Crippen molar-refractivity contribution in [2.45, 2.75) is 45.8 Å². The van der Waals surface area contributed by atoms with E-state index >= 15 is 0 Å². The van der Waals surface area contributed by atoms with Crippen molar-refractivity contribution in [2.75, 3.05) is 12.3 Å². The van der Waals surface area contributed by atoms with E-state index in [1.165, 1.54) is 0 Å². The number of nitrogen functional groups attached to an aromatic ring is 1. The van der Waals surface area contributed by atoms with Crippen LogP contribution in [0.15, 0.2) is 12.1 Å². The topological polar surface area (TPSA) is 78.8 Å². The van der Waals surface area contributed by atoms with Crippen molar-refractivity contribution < 1.29 is 4.74 Å². The third-order valence-corrected chi connectivity index (χ3v) is 4.66. The van der Waals surface area contributed by atoms with Crippen molar-refractivity contribution in [3.8, 4) is 11.4 Å². The highest BCUT2D eigenvalue weighted by Crippen LogP contribution is 2.36. The van der Waals surface area contributed by atoms with Crippen molar-refractivity contribution in [2.24, 2.45) is 0 Å². The van der Waals surface area contributed by atoms with Crippen LogP contribution in [0, 0.1) is 13.8 Å². The number of hydrogen-bond donors (Lipinski definition) is 1. The van der Waals surface area contributed by atoms with Gasteiger partial charge in [0, 0.05) is 17.9 Å². The Morgan fingerprint density at radius 2 is 2.10 bits per heavy atom. The van der Waals surface area contributed by atoms with E-state index in [1.54, 1.807) is 0 Å². The highest BCUT2D eigenvalue weighted by Gasteiger charge is 2.41. The molecule has 3 rings (SSSR count). The molecule has 6 heteroatoms. The fraction of sp³-hybridized carbons (Fsp3) is 0.533. The number of hydrogen-bond acceptors (Lipinski definition) is 5. The highest BCUT2D eigenvalue weighted by atomic mass is 16.5. The molecule has 2 atom stereocenters. The lowest BCUT2D eigenvalue weighted by atomic mass is 9.94.